The van der Waals surface area contributed by atoms with E-state index in [-0.39, 0.29) is 87.1 Å². The van der Waals surface area contributed by atoms with Crippen molar-refractivity contribution in [1.29, 1.82) is 0 Å². The van der Waals surface area contributed by atoms with Gasteiger partial charge in [0.1, 0.15) is 23.3 Å². The van der Waals surface area contributed by atoms with Crippen molar-refractivity contribution in [1.82, 2.24) is 29.5 Å². The molecule has 0 aliphatic carbocycles. The minimum Gasteiger partial charge on any atom is -0.481 e. The fraction of sp³-hybridized carbons (Fsp3) is 0.344. The predicted molar refractivity (Wildman–Crippen MR) is 320 cm³/mol. The molecule has 8 rings (SSSR count). The maximum atomic E-state index is 14.0. The summed E-state index contributed by atoms with van der Waals surface area (Å²) in [5, 5.41) is 67.4. The van der Waals surface area contributed by atoms with Gasteiger partial charge in [-0.25, -0.2) is 28.1 Å². The predicted octanol–water partition coefficient (Wildman–Crippen LogP) is 11.8. The molecule has 8 aromatic rings. The molecule has 0 amide bonds. The number of carbonyl (C=O) groups excluding carboxylic acids is 1. The number of carbonyl (C=O) groups is 2. The van der Waals surface area contributed by atoms with Crippen LogP contribution in [0.25, 0.3) is 33.9 Å². The van der Waals surface area contributed by atoms with Crippen molar-refractivity contribution < 1.29 is 48.6 Å². The zero-order chi connectivity index (χ0) is 58.7. The van der Waals surface area contributed by atoms with Crippen molar-refractivity contribution in [3.05, 3.63) is 180 Å². The molecule has 16 nitrogen and oxygen atoms in total. The van der Waals surface area contributed by atoms with Crippen LogP contribution in [0.15, 0.2) is 146 Å². The molecule has 0 spiro atoms. The summed E-state index contributed by atoms with van der Waals surface area (Å²) in [6.45, 7) is 10.3. The summed E-state index contributed by atoms with van der Waals surface area (Å²) in [6, 6.07) is 39.6. The number of pyridine rings is 2. The smallest absolute Gasteiger partial charge is 0.481 e. The minimum absolute atomic E-state index is 0. The Balaban J connectivity index is 0.000000264. The number of aromatic nitrogens is 6. The Kier molecular flexibility index (Phi) is 25.3. The zero-order valence-electron chi connectivity index (χ0n) is 47.7. The number of carboxylic acids is 1. The molecular formula is C64H74CaF2N8O8+2. The second kappa shape index (κ2) is 32.2. The molecule has 0 radical (unpaired) electrons. The number of ether oxygens (including phenoxy) is 1. The second-order valence-corrected chi connectivity index (χ2v) is 20.4. The first-order valence-electron chi connectivity index (χ1n) is 28.0. The Morgan fingerprint density at radius 3 is 1.34 bits per heavy atom. The monoisotopic (exact) mass is 1160 g/mol. The molecule has 0 saturated carbocycles. The van der Waals surface area contributed by atoms with Crippen LogP contribution in [0.5, 0.6) is 0 Å². The Morgan fingerprint density at radius 1 is 0.566 bits per heavy atom. The van der Waals surface area contributed by atoms with E-state index in [1.165, 1.54) is 24.3 Å². The van der Waals surface area contributed by atoms with Gasteiger partial charge in [0.25, 0.3) is 0 Å². The number of anilines is 4. The molecule has 0 saturated heterocycles. The van der Waals surface area contributed by atoms with Crippen LogP contribution in [-0.2, 0) is 27.2 Å². The Labute approximate surface area is 513 Å². The third-order valence-electron chi connectivity index (χ3n) is 14.2. The van der Waals surface area contributed by atoms with Gasteiger partial charge in [-0.05, 0) is 143 Å². The number of para-hydroxylation sites is 2. The summed E-state index contributed by atoms with van der Waals surface area (Å²) >= 11 is 0. The largest absolute Gasteiger partial charge is 2.00 e. The van der Waals surface area contributed by atoms with Crippen molar-refractivity contribution in [3.8, 4) is 33.9 Å². The van der Waals surface area contributed by atoms with Gasteiger partial charge < -0.3 is 40.9 Å². The molecule has 0 aliphatic heterocycles. The number of carboxylic acid groups (broad SMARTS) is 1. The maximum absolute atomic E-state index is 14.0. The first-order valence-corrected chi connectivity index (χ1v) is 28.0. The SMILES string of the molecule is CCC(C)c1nn(-c2ccnc(Nc3ccccc3)c2)c(-c2ccc(F)cc2)c1CC[C@@H](O)C[C@@H](O)CC(=O)O.CCOC(=O)C[C@H](O)C[C@H](O)CCc1c(C(C)CC)nn(-c2ccnc(Nc3ccccc3)c2)c1-c1ccc(F)cc1.[Ca+2]. The number of nitrogens with one attached hydrogen (secondary N) is 2. The molecule has 4 heterocycles. The average molecular weight is 1160 g/mol. The number of nitrogens with zero attached hydrogens (tertiary/aromatic N) is 6. The zero-order valence-corrected chi connectivity index (χ0v) is 49.9. The van der Waals surface area contributed by atoms with Gasteiger partial charge in [0.2, 0.25) is 0 Å². The first kappa shape index (κ1) is 65.3. The van der Waals surface area contributed by atoms with E-state index in [1.807, 2.05) is 94.3 Å². The standard InChI is InChI=1S/C33H39FN4O4.C31H35FN4O4.Ca/c1-4-22(3)32-29(16-15-27(39)20-28(40)21-31(41)42-5-2)33(23-11-13-24(34)14-12-23)38(37-32)26-17-18-35-30(19-26)36-25-9-7-6-8-10-25;1-3-20(2)30-27(14-13-25(37)18-26(38)19-29(39)40)31(21-9-11-22(32)12-10-21)36(35-30)24-15-16-33-28(17-24)34-23-7-5-4-6-8-23;/h6-14,17-19,22,27-28,39-40H,4-5,15-16,20-21H2,1-3H3,(H,35,36);4-12,15-17,20,25-26,37-38H,3,13-14,18-19H2,1-2H3,(H,33,34)(H,39,40);/q;;+2/t22?,27-,28-;20?,25-,26-;/m11./s1. The van der Waals surface area contributed by atoms with Gasteiger partial charge in [0.15, 0.2) is 0 Å². The Morgan fingerprint density at radius 2 is 0.964 bits per heavy atom. The summed E-state index contributed by atoms with van der Waals surface area (Å²) in [4.78, 5) is 31.6. The van der Waals surface area contributed by atoms with E-state index in [2.05, 4.69) is 48.3 Å². The summed E-state index contributed by atoms with van der Waals surface area (Å²) in [5.41, 5.74) is 10.1. The van der Waals surface area contributed by atoms with Gasteiger partial charge in [-0.3, -0.25) is 9.59 Å². The molecule has 432 valence electrons. The van der Waals surface area contributed by atoms with Gasteiger partial charge in [0.05, 0.1) is 78.0 Å². The molecular weight excluding hydrogens is 1090 g/mol. The van der Waals surface area contributed by atoms with Crippen LogP contribution in [0.3, 0.4) is 0 Å². The quantitative estimate of drug-likeness (QED) is 0.0188. The fourth-order valence-electron chi connectivity index (χ4n) is 9.63. The van der Waals surface area contributed by atoms with E-state index >= 15 is 0 Å². The van der Waals surface area contributed by atoms with Crippen LogP contribution in [-0.4, -0.2) is 136 Å². The third-order valence-corrected chi connectivity index (χ3v) is 14.2. The number of aliphatic hydroxyl groups excluding tert-OH is 4. The Bertz CT molecular complexity index is 3300. The van der Waals surface area contributed by atoms with Crippen LogP contribution < -0.4 is 10.6 Å². The molecule has 4 aromatic carbocycles. The van der Waals surface area contributed by atoms with Crippen LogP contribution in [0.2, 0.25) is 0 Å². The van der Waals surface area contributed by atoms with E-state index < -0.39 is 42.8 Å². The molecule has 19 heteroatoms. The number of esters is 1. The number of halogens is 2. The van der Waals surface area contributed by atoms with E-state index in [1.54, 1.807) is 43.6 Å². The average Bonchev–Trinajstić information content (AvgIpc) is 4.19. The molecule has 0 bridgehead atoms. The van der Waals surface area contributed by atoms with Gasteiger partial charge in [0, 0.05) is 70.0 Å². The number of hydrogen-bond donors (Lipinski definition) is 7. The van der Waals surface area contributed by atoms with Crippen molar-refractivity contribution >= 4 is 72.7 Å². The van der Waals surface area contributed by atoms with Gasteiger partial charge in [-0.1, -0.05) is 64.1 Å². The first-order chi connectivity index (χ1) is 39.5. The van der Waals surface area contributed by atoms with Crippen LogP contribution >= 0.6 is 0 Å². The van der Waals surface area contributed by atoms with Crippen LogP contribution in [0.4, 0.5) is 31.8 Å². The second-order valence-electron chi connectivity index (χ2n) is 20.4. The third kappa shape index (κ3) is 18.8. The van der Waals surface area contributed by atoms with Gasteiger partial charge in [-0.15, -0.1) is 0 Å². The van der Waals surface area contributed by atoms with Gasteiger partial charge in [-0.2, -0.15) is 10.2 Å². The molecule has 7 N–H and O–H groups in total. The van der Waals surface area contributed by atoms with E-state index in [4.69, 9.17) is 20.0 Å². The summed E-state index contributed by atoms with van der Waals surface area (Å²) < 4.78 is 36.5. The normalized spacial score (nSPS) is 13.3. The summed E-state index contributed by atoms with van der Waals surface area (Å²) in [7, 11) is 0. The molecule has 0 aliphatic rings. The number of benzene rings is 4. The minimum atomic E-state index is -1.13. The summed E-state index contributed by atoms with van der Waals surface area (Å²) in [5.74, 6) is -0.774. The van der Waals surface area contributed by atoms with Crippen LogP contribution in [0.1, 0.15) is 120 Å². The number of hydrogen-bond acceptors (Lipinski definition) is 13. The molecule has 4 aromatic heterocycles. The van der Waals surface area contributed by atoms with Crippen molar-refractivity contribution in [2.24, 2.45) is 0 Å². The number of aliphatic carboxylic acids is 1. The summed E-state index contributed by atoms with van der Waals surface area (Å²) in [6.07, 6.45) is 2.23. The fourth-order valence-corrected chi connectivity index (χ4v) is 9.63. The van der Waals surface area contributed by atoms with E-state index in [0.717, 1.165) is 80.6 Å². The molecule has 2 unspecified atom stereocenters. The Hall–Kier alpha value is -6.90. The van der Waals surface area contributed by atoms with Crippen LogP contribution in [0, 0.1) is 11.6 Å². The number of rotatable bonds is 27. The molecule has 6 atom stereocenters. The number of aliphatic hydroxyl groups is 4. The topological polar surface area (TPSA) is 230 Å². The van der Waals surface area contributed by atoms with Gasteiger partial charge >= 0.3 is 49.7 Å². The molecule has 0 fully saturated rings. The van der Waals surface area contributed by atoms with Crippen molar-refractivity contribution in [2.45, 2.75) is 135 Å². The van der Waals surface area contributed by atoms with Crippen molar-refractivity contribution in [3.63, 3.8) is 0 Å². The maximum Gasteiger partial charge on any atom is 2.00 e. The van der Waals surface area contributed by atoms with E-state index in [9.17, 15) is 38.8 Å². The molecule has 83 heavy (non-hydrogen) atoms. The van der Waals surface area contributed by atoms with E-state index in [0.29, 0.717) is 37.3 Å². The van der Waals surface area contributed by atoms with Crippen molar-refractivity contribution in [2.75, 3.05) is 17.2 Å².